The van der Waals surface area contributed by atoms with Gasteiger partial charge in [0.2, 0.25) is 5.91 Å². The molecule has 0 saturated carbocycles. The van der Waals surface area contributed by atoms with Gasteiger partial charge in [0.05, 0.1) is 5.92 Å². The smallest absolute Gasteiger partial charge is 0.231 e. The van der Waals surface area contributed by atoms with Crippen molar-refractivity contribution < 1.29 is 4.79 Å². The van der Waals surface area contributed by atoms with Gasteiger partial charge in [0.25, 0.3) is 0 Å². The van der Waals surface area contributed by atoms with Gasteiger partial charge in [-0.05, 0) is 22.8 Å². The maximum Gasteiger partial charge on any atom is 0.231 e. The fourth-order valence-corrected chi connectivity index (χ4v) is 2.83. The molecule has 1 aliphatic rings. The van der Waals surface area contributed by atoms with Gasteiger partial charge in [0.15, 0.2) is 0 Å². The van der Waals surface area contributed by atoms with E-state index in [1.807, 2.05) is 31.3 Å². The van der Waals surface area contributed by atoms with Crippen molar-refractivity contribution >= 4 is 5.91 Å². The van der Waals surface area contributed by atoms with Gasteiger partial charge in [-0.25, -0.2) is 0 Å². The Bertz CT molecular complexity index is 627. The third-order valence-electron chi connectivity index (χ3n) is 3.91. The van der Waals surface area contributed by atoms with Crippen molar-refractivity contribution in [3.05, 3.63) is 65.5 Å². The lowest BCUT2D eigenvalue weighted by molar-refractivity contribution is -0.132. The largest absolute Gasteiger partial charge is 0.341 e. The van der Waals surface area contributed by atoms with E-state index in [0.29, 0.717) is 13.1 Å². The molecule has 0 spiro atoms. The molecule has 0 fully saturated rings. The Morgan fingerprint density at radius 3 is 3.00 bits per heavy atom. The summed E-state index contributed by atoms with van der Waals surface area (Å²) in [7, 11) is 1.85. The molecule has 1 N–H and O–H groups in total. The van der Waals surface area contributed by atoms with E-state index in [1.54, 1.807) is 17.3 Å². The molecule has 1 aromatic heterocycles. The first-order chi connectivity index (χ1) is 10.3. The number of nitrogens with zero attached hydrogens (tertiary/aromatic N) is 2. The van der Waals surface area contributed by atoms with Gasteiger partial charge in [-0.2, -0.15) is 0 Å². The first-order valence-corrected chi connectivity index (χ1v) is 7.18. The number of aromatic nitrogens is 1. The molecule has 1 unspecified atom stereocenters. The first-order valence-electron chi connectivity index (χ1n) is 7.18. The highest BCUT2D eigenvalue weighted by Crippen LogP contribution is 2.25. The molecule has 1 atom stereocenters. The van der Waals surface area contributed by atoms with Crippen molar-refractivity contribution in [1.29, 1.82) is 0 Å². The van der Waals surface area contributed by atoms with Gasteiger partial charge in [-0.1, -0.05) is 30.3 Å². The Morgan fingerprint density at radius 1 is 1.33 bits per heavy atom. The zero-order valence-corrected chi connectivity index (χ0v) is 12.1. The van der Waals surface area contributed by atoms with Crippen LogP contribution in [0.5, 0.6) is 0 Å². The number of hydrogen-bond acceptors (Lipinski definition) is 3. The molecular formula is C17H19N3O. The highest BCUT2D eigenvalue weighted by molar-refractivity contribution is 5.84. The number of pyridine rings is 1. The standard InChI is InChI=1S/C17H19N3O/c1-20(12-13-5-4-8-18-9-13)17(21)16-11-19-10-14-6-2-3-7-15(14)16/h2-9,16,19H,10-12H2,1H3. The minimum atomic E-state index is -0.100. The second-order valence-corrected chi connectivity index (χ2v) is 5.44. The lowest BCUT2D eigenvalue weighted by Crippen LogP contribution is -2.39. The number of hydrogen-bond donors (Lipinski definition) is 1. The van der Waals surface area contributed by atoms with E-state index in [-0.39, 0.29) is 11.8 Å². The average molecular weight is 281 g/mol. The van der Waals surface area contributed by atoms with Crippen LogP contribution < -0.4 is 5.32 Å². The Hall–Kier alpha value is -2.20. The third-order valence-corrected chi connectivity index (χ3v) is 3.91. The Balaban J connectivity index is 1.77. The molecule has 0 aliphatic carbocycles. The summed E-state index contributed by atoms with van der Waals surface area (Å²) in [5.74, 6) is 0.0510. The minimum Gasteiger partial charge on any atom is -0.341 e. The number of benzene rings is 1. The molecule has 4 heteroatoms. The number of carbonyl (C=O) groups is 1. The monoisotopic (exact) mass is 281 g/mol. The van der Waals surface area contributed by atoms with Gasteiger partial charge < -0.3 is 10.2 Å². The molecule has 108 valence electrons. The van der Waals surface area contributed by atoms with Crippen molar-refractivity contribution in [2.75, 3.05) is 13.6 Å². The van der Waals surface area contributed by atoms with E-state index in [0.717, 1.165) is 17.7 Å². The summed E-state index contributed by atoms with van der Waals surface area (Å²) in [6.45, 7) is 2.13. The molecule has 2 heterocycles. The summed E-state index contributed by atoms with van der Waals surface area (Å²) in [5.41, 5.74) is 3.42. The Morgan fingerprint density at radius 2 is 2.19 bits per heavy atom. The minimum absolute atomic E-state index is 0.100. The fraction of sp³-hybridized carbons (Fsp3) is 0.294. The van der Waals surface area contributed by atoms with Crippen LogP contribution in [-0.2, 0) is 17.9 Å². The maximum absolute atomic E-state index is 12.7. The van der Waals surface area contributed by atoms with Crippen molar-refractivity contribution in [1.82, 2.24) is 15.2 Å². The zero-order chi connectivity index (χ0) is 14.7. The van der Waals surface area contributed by atoms with Crippen molar-refractivity contribution in [3.8, 4) is 0 Å². The quantitative estimate of drug-likeness (QED) is 0.935. The van der Waals surface area contributed by atoms with Crippen molar-refractivity contribution in [2.45, 2.75) is 19.0 Å². The number of carbonyl (C=O) groups excluding carboxylic acids is 1. The van der Waals surface area contributed by atoms with Crippen LogP contribution in [0.25, 0.3) is 0 Å². The molecule has 21 heavy (non-hydrogen) atoms. The number of rotatable bonds is 3. The van der Waals surface area contributed by atoms with Gasteiger partial charge in [0.1, 0.15) is 0 Å². The number of amides is 1. The lowest BCUT2D eigenvalue weighted by atomic mass is 9.90. The number of likely N-dealkylation sites (N-methyl/N-ethyl adjacent to an activating group) is 1. The molecule has 3 rings (SSSR count). The van der Waals surface area contributed by atoms with Crippen LogP contribution in [0.1, 0.15) is 22.6 Å². The van der Waals surface area contributed by atoms with Crippen LogP contribution in [-0.4, -0.2) is 29.4 Å². The zero-order valence-electron chi connectivity index (χ0n) is 12.1. The molecule has 2 aromatic rings. The molecule has 1 amide bonds. The predicted octanol–water partition coefficient (Wildman–Crippen LogP) is 1.93. The van der Waals surface area contributed by atoms with Crippen LogP contribution in [0.4, 0.5) is 0 Å². The van der Waals surface area contributed by atoms with Crippen molar-refractivity contribution in [2.24, 2.45) is 0 Å². The topological polar surface area (TPSA) is 45.2 Å². The van der Waals surface area contributed by atoms with E-state index >= 15 is 0 Å². The molecule has 0 bridgehead atoms. The van der Waals surface area contributed by atoms with Crippen LogP contribution in [0, 0.1) is 0 Å². The van der Waals surface area contributed by atoms with Gasteiger partial charge in [0, 0.05) is 39.1 Å². The summed E-state index contributed by atoms with van der Waals surface area (Å²) >= 11 is 0. The van der Waals surface area contributed by atoms with Gasteiger partial charge >= 0.3 is 0 Å². The second-order valence-electron chi connectivity index (χ2n) is 5.44. The van der Waals surface area contributed by atoms with E-state index in [1.165, 1.54) is 5.56 Å². The summed E-state index contributed by atoms with van der Waals surface area (Å²) in [6, 6.07) is 12.1. The summed E-state index contributed by atoms with van der Waals surface area (Å²) in [6.07, 6.45) is 3.55. The predicted molar refractivity (Wildman–Crippen MR) is 81.6 cm³/mol. The molecule has 1 aliphatic heterocycles. The Labute approximate surface area is 124 Å². The van der Waals surface area contributed by atoms with E-state index < -0.39 is 0 Å². The Kier molecular flexibility index (Phi) is 3.97. The third kappa shape index (κ3) is 2.95. The van der Waals surface area contributed by atoms with Crippen LogP contribution in [0.2, 0.25) is 0 Å². The van der Waals surface area contributed by atoms with Gasteiger partial charge in [-0.3, -0.25) is 9.78 Å². The maximum atomic E-state index is 12.7. The van der Waals surface area contributed by atoms with Gasteiger partial charge in [-0.15, -0.1) is 0 Å². The fourth-order valence-electron chi connectivity index (χ4n) is 2.83. The second kappa shape index (κ2) is 6.06. The first kappa shape index (κ1) is 13.8. The molecule has 4 nitrogen and oxygen atoms in total. The number of nitrogens with one attached hydrogen (secondary N) is 1. The van der Waals surface area contributed by atoms with Crippen LogP contribution >= 0.6 is 0 Å². The molecule has 0 saturated heterocycles. The van der Waals surface area contributed by atoms with Crippen LogP contribution in [0.15, 0.2) is 48.8 Å². The average Bonchev–Trinajstić information content (AvgIpc) is 2.54. The summed E-state index contributed by atoms with van der Waals surface area (Å²) in [4.78, 5) is 18.6. The van der Waals surface area contributed by atoms with E-state index in [4.69, 9.17) is 0 Å². The normalized spacial score (nSPS) is 17.1. The molecule has 0 radical (unpaired) electrons. The SMILES string of the molecule is CN(Cc1cccnc1)C(=O)C1CNCc2ccccc21. The molecule has 1 aromatic carbocycles. The highest BCUT2D eigenvalue weighted by Gasteiger charge is 2.28. The van der Waals surface area contributed by atoms with Crippen molar-refractivity contribution in [3.63, 3.8) is 0 Å². The lowest BCUT2D eigenvalue weighted by Gasteiger charge is -2.29. The number of fused-ring (bicyclic) bond motifs is 1. The van der Waals surface area contributed by atoms with E-state index in [9.17, 15) is 4.79 Å². The van der Waals surface area contributed by atoms with Crippen LogP contribution in [0.3, 0.4) is 0 Å². The highest BCUT2D eigenvalue weighted by atomic mass is 16.2. The van der Waals surface area contributed by atoms with E-state index in [2.05, 4.69) is 22.4 Å². The summed E-state index contributed by atoms with van der Waals surface area (Å²) < 4.78 is 0. The molecular weight excluding hydrogens is 262 g/mol. The summed E-state index contributed by atoms with van der Waals surface area (Å²) in [5, 5.41) is 3.33.